The molecule has 0 aliphatic heterocycles. The van der Waals surface area contributed by atoms with E-state index < -0.39 is 12.1 Å². The van der Waals surface area contributed by atoms with Crippen LogP contribution < -0.4 is 15.8 Å². The van der Waals surface area contributed by atoms with Gasteiger partial charge in [-0.05, 0) is 19.1 Å². The number of urea groups is 1. The molecule has 5 nitrogen and oxygen atoms in total. The van der Waals surface area contributed by atoms with Gasteiger partial charge in [0.15, 0.2) is 0 Å². The Labute approximate surface area is 80.9 Å². The van der Waals surface area contributed by atoms with Crippen molar-refractivity contribution in [2.45, 2.75) is 6.92 Å². The first kappa shape index (κ1) is 10.0. The van der Waals surface area contributed by atoms with E-state index in [0.29, 0.717) is 5.75 Å². The Morgan fingerprint density at radius 3 is 2.36 bits per heavy atom. The molecule has 1 aromatic rings. The van der Waals surface area contributed by atoms with Gasteiger partial charge < -0.3 is 10.5 Å². The van der Waals surface area contributed by atoms with Crippen LogP contribution in [0.15, 0.2) is 24.3 Å². The molecule has 3 N–H and O–H groups in total. The van der Waals surface area contributed by atoms with Crippen LogP contribution in [0.25, 0.3) is 0 Å². The van der Waals surface area contributed by atoms with Crippen LogP contribution in [0.2, 0.25) is 0 Å². The summed E-state index contributed by atoms with van der Waals surface area (Å²) in [6.07, 6.45) is -0.888. The van der Waals surface area contributed by atoms with E-state index in [4.69, 9.17) is 10.5 Å². The van der Waals surface area contributed by atoms with Crippen molar-refractivity contribution in [2.75, 3.05) is 0 Å². The number of aryl methyl sites for hydroxylation is 1. The smallest absolute Gasteiger partial charge is 0.410 e. The second-order valence-electron chi connectivity index (χ2n) is 2.69. The predicted molar refractivity (Wildman–Crippen MR) is 49.9 cm³/mol. The van der Waals surface area contributed by atoms with E-state index in [0.717, 1.165) is 5.56 Å². The zero-order valence-corrected chi connectivity index (χ0v) is 7.61. The Bertz CT molecular complexity index is 346. The van der Waals surface area contributed by atoms with Crippen molar-refractivity contribution >= 4 is 12.1 Å². The molecular weight excluding hydrogens is 184 g/mol. The summed E-state index contributed by atoms with van der Waals surface area (Å²) in [5, 5.41) is 1.78. The number of ether oxygens (including phenoxy) is 1. The van der Waals surface area contributed by atoms with Crippen LogP contribution in [0, 0.1) is 6.92 Å². The molecule has 0 aromatic heterocycles. The third kappa shape index (κ3) is 3.14. The Kier molecular flexibility index (Phi) is 3.06. The third-order valence-corrected chi connectivity index (χ3v) is 1.46. The molecule has 0 bridgehead atoms. The zero-order valence-electron chi connectivity index (χ0n) is 7.61. The number of hydrogen-bond acceptors (Lipinski definition) is 3. The Morgan fingerprint density at radius 1 is 1.29 bits per heavy atom. The monoisotopic (exact) mass is 194 g/mol. The number of primary amides is 1. The van der Waals surface area contributed by atoms with E-state index >= 15 is 0 Å². The Morgan fingerprint density at radius 2 is 1.86 bits per heavy atom. The summed E-state index contributed by atoms with van der Waals surface area (Å²) in [7, 11) is 0. The van der Waals surface area contributed by atoms with Gasteiger partial charge in [-0.3, -0.25) is 0 Å². The third-order valence-electron chi connectivity index (χ3n) is 1.46. The lowest BCUT2D eigenvalue weighted by molar-refractivity contribution is 0.199. The van der Waals surface area contributed by atoms with Crippen LogP contribution in [0.5, 0.6) is 5.75 Å². The molecule has 0 atom stereocenters. The van der Waals surface area contributed by atoms with Gasteiger partial charge in [0.05, 0.1) is 0 Å². The number of rotatable bonds is 1. The topological polar surface area (TPSA) is 81.4 Å². The number of imide groups is 1. The van der Waals surface area contributed by atoms with Crippen molar-refractivity contribution in [3.8, 4) is 5.75 Å². The Balaban J connectivity index is 2.56. The molecule has 1 rings (SSSR count). The number of nitrogens with one attached hydrogen (secondary N) is 1. The highest BCUT2D eigenvalue weighted by Crippen LogP contribution is 2.11. The summed E-state index contributed by atoms with van der Waals surface area (Å²) in [6, 6.07) is 5.87. The van der Waals surface area contributed by atoms with E-state index in [2.05, 4.69) is 0 Å². The molecule has 0 heterocycles. The fraction of sp³-hybridized carbons (Fsp3) is 0.111. The van der Waals surface area contributed by atoms with Crippen molar-refractivity contribution in [1.29, 1.82) is 0 Å². The van der Waals surface area contributed by atoms with Crippen LogP contribution in [0.1, 0.15) is 5.56 Å². The minimum Gasteiger partial charge on any atom is -0.410 e. The summed E-state index contributed by atoms with van der Waals surface area (Å²) in [4.78, 5) is 21.1. The lowest BCUT2D eigenvalue weighted by Gasteiger charge is -2.03. The molecule has 5 heteroatoms. The molecule has 0 spiro atoms. The maximum absolute atomic E-state index is 10.9. The van der Waals surface area contributed by atoms with E-state index in [1.54, 1.807) is 29.6 Å². The first-order chi connectivity index (χ1) is 6.58. The Hall–Kier alpha value is -2.04. The summed E-state index contributed by atoms with van der Waals surface area (Å²) in [5.41, 5.74) is 5.77. The molecule has 0 fully saturated rings. The van der Waals surface area contributed by atoms with Crippen LogP contribution in [-0.2, 0) is 0 Å². The molecule has 0 aliphatic carbocycles. The zero-order chi connectivity index (χ0) is 10.6. The second-order valence-corrected chi connectivity index (χ2v) is 2.69. The summed E-state index contributed by atoms with van der Waals surface area (Å²) in [5.74, 6) is 0.356. The van der Waals surface area contributed by atoms with Crippen molar-refractivity contribution in [1.82, 2.24) is 5.32 Å². The van der Waals surface area contributed by atoms with E-state index in [9.17, 15) is 9.59 Å². The van der Waals surface area contributed by atoms with Gasteiger partial charge in [0.2, 0.25) is 0 Å². The number of carbonyl (C=O) groups excluding carboxylic acids is 2. The molecule has 0 unspecified atom stereocenters. The van der Waals surface area contributed by atoms with E-state index in [1.165, 1.54) is 0 Å². The first-order valence-electron chi connectivity index (χ1n) is 3.93. The van der Waals surface area contributed by atoms with Gasteiger partial charge in [0.1, 0.15) is 5.75 Å². The minimum atomic E-state index is -0.942. The van der Waals surface area contributed by atoms with Gasteiger partial charge in [-0.15, -0.1) is 0 Å². The van der Waals surface area contributed by atoms with Gasteiger partial charge >= 0.3 is 12.1 Å². The van der Waals surface area contributed by atoms with Gasteiger partial charge in [-0.25, -0.2) is 14.9 Å². The first-order valence-corrected chi connectivity index (χ1v) is 3.93. The molecule has 1 aromatic carbocycles. The quantitative estimate of drug-likeness (QED) is 0.703. The van der Waals surface area contributed by atoms with Crippen molar-refractivity contribution in [3.63, 3.8) is 0 Å². The maximum Gasteiger partial charge on any atom is 0.420 e. The van der Waals surface area contributed by atoms with E-state index in [1.807, 2.05) is 6.92 Å². The average Bonchev–Trinajstić information content (AvgIpc) is 2.07. The van der Waals surface area contributed by atoms with Gasteiger partial charge in [0, 0.05) is 0 Å². The lowest BCUT2D eigenvalue weighted by atomic mass is 10.2. The SMILES string of the molecule is Cc1ccc(OC(=O)NC(N)=O)cc1. The summed E-state index contributed by atoms with van der Waals surface area (Å²) < 4.78 is 4.73. The predicted octanol–water partition coefficient (Wildman–Crippen LogP) is 1.16. The van der Waals surface area contributed by atoms with Crippen LogP contribution in [0.3, 0.4) is 0 Å². The molecule has 74 valence electrons. The second kappa shape index (κ2) is 4.27. The number of nitrogens with two attached hydrogens (primary N) is 1. The van der Waals surface area contributed by atoms with Crippen molar-refractivity contribution in [2.24, 2.45) is 5.73 Å². The van der Waals surface area contributed by atoms with Crippen LogP contribution >= 0.6 is 0 Å². The maximum atomic E-state index is 10.9. The fourth-order valence-corrected chi connectivity index (χ4v) is 0.839. The summed E-state index contributed by atoms with van der Waals surface area (Å²) in [6.45, 7) is 1.91. The number of hydrogen-bond donors (Lipinski definition) is 2. The van der Waals surface area contributed by atoms with Crippen LogP contribution in [-0.4, -0.2) is 12.1 Å². The van der Waals surface area contributed by atoms with Gasteiger partial charge in [0.25, 0.3) is 0 Å². The average molecular weight is 194 g/mol. The number of benzene rings is 1. The molecular formula is C9H10N2O3. The summed E-state index contributed by atoms with van der Waals surface area (Å²) >= 11 is 0. The number of amides is 3. The van der Waals surface area contributed by atoms with Gasteiger partial charge in [-0.2, -0.15) is 0 Å². The molecule has 0 saturated heterocycles. The van der Waals surface area contributed by atoms with Crippen molar-refractivity contribution in [3.05, 3.63) is 29.8 Å². The number of carbonyl (C=O) groups is 2. The molecule has 3 amide bonds. The van der Waals surface area contributed by atoms with Crippen LogP contribution in [0.4, 0.5) is 9.59 Å². The molecule has 0 aliphatic rings. The standard InChI is InChI=1S/C9H10N2O3/c1-6-2-4-7(5-3-6)14-9(13)11-8(10)12/h2-5H,1H3,(H3,10,11,12,13). The van der Waals surface area contributed by atoms with E-state index in [-0.39, 0.29) is 0 Å². The largest absolute Gasteiger partial charge is 0.420 e. The lowest BCUT2D eigenvalue weighted by Crippen LogP contribution is -2.36. The molecule has 14 heavy (non-hydrogen) atoms. The minimum absolute atomic E-state index is 0.356. The van der Waals surface area contributed by atoms with Gasteiger partial charge in [-0.1, -0.05) is 17.7 Å². The molecule has 0 radical (unpaired) electrons. The normalized spacial score (nSPS) is 9.21. The molecule has 0 saturated carbocycles. The van der Waals surface area contributed by atoms with Crippen molar-refractivity contribution < 1.29 is 14.3 Å². The highest BCUT2D eigenvalue weighted by molar-refractivity contribution is 5.90. The highest BCUT2D eigenvalue weighted by atomic mass is 16.6. The highest BCUT2D eigenvalue weighted by Gasteiger charge is 2.05. The fourth-order valence-electron chi connectivity index (χ4n) is 0.839.